The third-order valence-corrected chi connectivity index (χ3v) is 4.81. The largest absolute Gasteiger partial charge is 0.484 e. The summed E-state index contributed by atoms with van der Waals surface area (Å²) in [5.74, 6) is -0.145. The zero-order chi connectivity index (χ0) is 22.5. The number of halogens is 2. The molecule has 2 heterocycles. The SMILES string of the molecule is CCn1cc(NC(=O)c2ccc(COc3ccc(Br)cc3Cl)o2)c(C(=O)OC(C)C)n1. The van der Waals surface area contributed by atoms with E-state index in [0.717, 1.165) is 4.47 Å². The van der Waals surface area contributed by atoms with Crippen LogP contribution in [0.5, 0.6) is 5.75 Å². The number of aromatic nitrogens is 2. The van der Waals surface area contributed by atoms with E-state index in [0.29, 0.717) is 23.1 Å². The zero-order valence-corrected chi connectivity index (χ0v) is 19.5. The molecule has 0 saturated heterocycles. The second-order valence-corrected chi connectivity index (χ2v) is 8.11. The molecule has 1 aromatic carbocycles. The number of hydrogen-bond acceptors (Lipinski definition) is 6. The highest BCUT2D eigenvalue weighted by atomic mass is 79.9. The molecule has 0 saturated carbocycles. The van der Waals surface area contributed by atoms with Gasteiger partial charge in [0.1, 0.15) is 18.1 Å². The van der Waals surface area contributed by atoms with Crippen molar-refractivity contribution >= 4 is 45.1 Å². The number of rotatable bonds is 8. The van der Waals surface area contributed by atoms with Crippen LogP contribution in [0.2, 0.25) is 5.02 Å². The number of nitrogens with zero attached hydrogens (tertiary/aromatic N) is 2. The van der Waals surface area contributed by atoms with Crippen molar-refractivity contribution in [2.45, 2.75) is 40.0 Å². The number of carbonyl (C=O) groups is 2. The van der Waals surface area contributed by atoms with Crippen LogP contribution >= 0.6 is 27.5 Å². The summed E-state index contributed by atoms with van der Waals surface area (Å²) in [7, 11) is 0. The topological polar surface area (TPSA) is 95.6 Å². The van der Waals surface area contributed by atoms with Gasteiger partial charge in [-0.2, -0.15) is 5.10 Å². The number of benzene rings is 1. The van der Waals surface area contributed by atoms with Gasteiger partial charge in [0.15, 0.2) is 11.5 Å². The van der Waals surface area contributed by atoms with Crippen LogP contribution in [0.25, 0.3) is 0 Å². The Labute approximate surface area is 192 Å². The van der Waals surface area contributed by atoms with Crippen LogP contribution in [0, 0.1) is 0 Å². The number of carbonyl (C=O) groups excluding carboxylic acids is 2. The summed E-state index contributed by atoms with van der Waals surface area (Å²) in [6.07, 6.45) is 1.26. The van der Waals surface area contributed by atoms with Gasteiger partial charge in [0.05, 0.1) is 16.8 Å². The summed E-state index contributed by atoms with van der Waals surface area (Å²) in [6.45, 7) is 5.96. The molecular formula is C21H21BrClN3O5. The number of esters is 1. The van der Waals surface area contributed by atoms with Crippen molar-refractivity contribution in [1.29, 1.82) is 0 Å². The van der Waals surface area contributed by atoms with Gasteiger partial charge in [-0.15, -0.1) is 0 Å². The molecule has 0 aliphatic heterocycles. The highest BCUT2D eigenvalue weighted by Gasteiger charge is 2.22. The van der Waals surface area contributed by atoms with Crippen LogP contribution in [0.1, 0.15) is 47.6 Å². The maximum absolute atomic E-state index is 12.6. The first kappa shape index (κ1) is 22.9. The van der Waals surface area contributed by atoms with Gasteiger partial charge in [-0.3, -0.25) is 9.48 Å². The average Bonchev–Trinajstić information content (AvgIpc) is 3.34. The second kappa shape index (κ2) is 10.0. The maximum Gasteiger partial charge on any atom is 0.361 e. The van der Waals surface area contributed by atoms with E-state index in [1.807, 2.05) is 6.92 Å². The molecule has 2 aromatic heterocycles. The third kappa shape index (κ3) is 5.89. The number of aryl methyl sites for hydroxylation is 1. The van der Waals surface area contributed by atoms with E-state index in [1.165, 1.54) is 10.7 Å². The Kier molecular flexibility index (Phi) is 7.40. The number of amides is 1. The van der Waals surface area contributed by atoms with Crippen molar-refractivity contribution < 1.29 is 23.5 Å². The number of furan rings is 1. The van der Waals surface area contributed by atoms with Crippen LogP contribution in [-0.4, -0.2) is 27.8 Å². The van der Waals surface area contributed by atoms with Crippen molar-refractivity contribution in [1.82, 2.24) is 9.78 Å². The van der Waals surface area contributed by atoms with Gasteiger partial charge in [0.2, 0.25) is 0 Å². The fourth-order valence-electron chi connectivity index (χ4n) is 2.60. The lowest BCUT2D eigenvalue weighted by atomic mass is 10.3. The minimum Gasteiger partial charge on any atom is -0.484 e. The number of ether oxygens (including phenoxy) is 2. The van der Waals surface area contributed by atoms with Crippen molar-refractivity contribution in [3.63, 3.8) is 0 Å². The monoisotopic (exact) mass is 509 g/mol. The predicted molar refractivity (Wildman–Crippen MR) is 119 cm³/mol. The molecular weight excluding hydrogens is 490 g/mol. The summed E-state index contributed by atoms with van der Waals surface area (Å²) >= 11 is 9.46. The molecule has 0 aliphatic carbocycles. The molecule has 0 unspecified atom stereocenters. The Bertz CT molecular complexity index is 1090. The van der Waals surface area contributed by atoms with E-state index in [2.05, 4.69) is 26.3 Å². The standard InChI is InChI=1S/C21H21BrClN3O5/c1-4-26-10-16(19(25-26)21(28)30-12(2)3)24-20(27)18-8-6-14(31-18)11-29-17-7-5-13(22)9-15(17)23/h5-10,12H,4,11H2,1-3H3,(H,24,27). The highest BCUT2D eigenvalue weighted by molar-refractivity contribution is 9.10. The maximum atomic E-state index is 12.6. The second-order valence-electron chi connectivity index (χ2n) is 6.78. The summed E-state index contributed by atoms with van der Waals surface area (Å²) in [5, 5.41) is 7.28. The molecule has 3 rings (SSSR count). The molecule has 0 aliphatic rings. The van der Waals surface area contributed by atoms with Crippen LogP contribution in [0.3, 0.4) is 0 Å². The fraction of sp³-hybridized carbons (Fsp3) is 0.286. The predicted octanol–water partition coefficient (Wildman–Crippen LogP) is 5.31. The molecule has 1 amide bonds. The van der Waals surface area contributed by atoms with Gasteiger partial charge >= 0.3 is 5.97 Å². The van der Waals surface area contributed by atoms with Gasteiger partial charge in [-0.05, 0) is 51.1 Å². The Morgan fingerprint density at radius 2 is 2.06 bits per heavy atom. The van der Waals surface area contributed by atoms with Crippen LogP contribution in [0.15, 0.2) is 45.4 Å². The van der Waals surface area contributed by atoms with Crippen LogP contribution in [0.4, 0.5) is 5.69 Å². The van der Waals surface area contributed by atoms with E-state index in [-0.39, 0.29) is 29.9 Å². The van der Waals surface area contributed by atoms with Gasteiger partial charge in [-0.25, -0.2) is 4.79 Å². The number of anilines is 1. The van der Waals surface area contributed by atoms with E-state index in [4.69, 9.17) is 25.5 Å². The Hall–Kier alpha value is -2.78. The average molecular weight is 511 g/mol. The Balaban J connectivity index is 1.68. The molecule has 0 spiro atoms. The lowest BCUT2D eigenvalue weighted by molar-refractivity contribution is 0.0371. The van der Waals surface area contributed by atoms with Gasteiger partial charge < -0.3 is 19.2 Å². The summed E-state index contributed by atoms with van der Waals surface area (Å²) < 4.78 is 18.8. The molecule has 0 atom stereocenters. The quantitative estimate of drug-likeness (QED) is 0.413. The first-order valence-corrected chi connectivity index (χ1v) is 10.7. The fourth-order valence-corrected chi connectivity index (χ4v) is 3.33. The van der Waals surface area contributed by atoms with Crippen LogP contribution in [-0.2, 0) is 17.9 Å². The first-order valence-electron chi connectivity index (χ1n) is 9.53. The number of hydrogen-bond donors (Lipinski definition) is 1. The van der Waals surface area contributed by atoms with E-state index in [1.54, 1.807) is 44.3 Å². The Morgan fingerprint density at radius 1 is 1.29 bits per heavy atom. The molecule has 1 N–H and O–H groups in total. The van der Waals surface area contributed by atoms with Crippen molar-refractivity contribution in [2.75, 3.05) is 5.32 Å². The Morgan fingerprint density at radius 3 is 2.74 bits per heavy atom. The van der Waals surface area contributed by atoms with Crippen molar-refractivity contribution in [3.05, 3.63) is 63.2 Å². The molecule has 31 heavy (non-hydrogen) atoms. The minimum atomic E-state index is -0.614. The molecule has 0 fully saturated rings. The molecule has 8 nitrogen and oxygen atoms in total. The number of nitrogens with one attached hydrogen (secondary N) is 1. The van der Waals surface area contributed by atoms with E-state index < -0.39 is 11.9 Å². The third-order valence-electron chi connectivity index (χ3n) is 4.02. The normalized spacial score (nSPS) is 10.9. The summed E-state index contributed by atoms with van der Waals surface area (Å²) in [5.41, 5.74) is 0.275. The molecule has 10 heteroatoms. The lowest BCUT2D eigenvalue weighted by Gasteiger charge is -2.08. The zero-order valence-electron chi connectivity index (χ0n) is 17.1. The molecule has 0 radical (unpaired) electrons. The lowest BCUT2D eigenvalue weighted by Crippen LogP contribution is -2.17. The summed E-state index contributed by atoms with van der Waals surface area (Å²) in [4.78, 5) is 24.9. The minimum absolute atomic E-state index is 0.0314. The first-order chi connectivity index (χ1) is 14.8. The summed E-state index contributed by atoms with van der Waals surface area (Å²) in [6, 6.07) is 8.40. The smallest absolute Gasteiger partial charge is 0.361 e. The van der Waals surface area contributed by atoms with Crippen LogP contribution < -0.4 is 10.1 Å². The molecule has 3 aromatic rings. The van der Waals surface area contributed by atoms with E-state index in [9.17, 15) is 9.59 Å². The van der Waals surface area contributed by atoms with Crippen molar-refractivity contribution in [2.24, 2.45) is 0 Å². The molecule has 164 valence electrons. The molecule has 0 bridgehead atoms. The van der Waals surface area contributed by atoms with Gasteiger partial charge in [-0.1, -0.05) is 27.5 Å². The highest BCUT2D eigenvalue weighted by Crippen LogP contribution is 2.28. The van der Waals surface area contributed by atoms with Crippen molar-refractivity contribution in [3.8, 4) is 5.75 Å². The van der Waals surface area contributed by atoms with Gasteiger partial charge in [0.25, 0.3) is 5.91 Å². The van der Waals surface area contributed by atoms with Gasteiger partial charge in [0, 0.05) is 17.2 Å². The van der Waals surface area contributed by atoms with E-state index >= 15 is 0 Å².